The van der Waals surface area contributed by atoms with Gasteiger partial charge >= 0.3 is 5.97 Å². The monoisotopic (exact) mass is 341 g/mol. The first-order valence-corrected chi connectivity index (χ1v) is 7.48. The summed E-state index contributed by atoms with van der Waals surface area (Å²) in [6.45, 7) is 2.60. The molecule has 0 aliphatic carbocycles. The molecule has 0 amide bonds. The fourth-order valence-electron chi connectivity index (χ4n) is 1.77. The van der Waals surface area contributed by atoms with Crippen molar-refractivity contribution in [3.8, 4) is 0 Å². The normalized spacial score (nSPS) is 11.7. The molecule has 0 aromatic carbocycles. The highest BCUT2D eigenvalue weighted by Crippen LogP contribution is 2.03. The number of halogens is 1. The van der Waals surface area contributed by atoms with Gasteiger partial charge in [-0.25, -0.2) is 0 Å². The largest absolute Gasteiger partial charge is 0.550 e. The van der Waals surface area contributed by atoms with Crippen LogP contribution in [0, 0.1) is 0 Å². The van der Waals surface area contributed by atoms with Crippen molar-refractivity contribution in [1.29, 1.82) is 0 Å². The van der Waals surface area contributed by atoms with E-state index < -0.39 is 18.0 Å². The first-order chi connectivity index (χ1) is 9.58. The van der Waals surface area contributed by atoms with Crippen molar-refractivity contribution in [2.75, 3.05) is 27.7 Å². The van der Waals surface area contributed by atoms with Gasteiger partial charge < -0.3 is 24.6 Å². The van der Waals surface area contributed by atoms with Gasteiger partial charge in [0.1, 0.15) is 12.6 Å². The summed E-state index contributed by atoms with van der Waals surface area (Å²) in [7, 11) is 5.72. The maximum absolute atomic E-state index is 10.1. The highest BCUT2D eigenvalue weighted by molar-refractivity contribution is 5.85. The average Bonchev–Trinajstić information content (AvgIpc) is 2.25. The molecule has 7 heteroatoms. The summed E-state index contributed by atoms with van der Waals surface area (Å²) < 4.78 is 0.578. The van der Waals surface area contributed by atoms with Crippen LogP contribution in [0.2, 0.25) is 0 Å². The van der Waals surface area contributed by atoms with E-state index in [1.54, 1.807) is 0 Å². The number of nitrogens with zero attached hydrogens (tertiary/aromatic N) is 1. The van der Waals surface area contributed by atoms with Crippen LogP contribution >= 0.6 is 12.4 Å². The Morgan fingerprint density at radius 1 is 1.09 bits per heavy atom. The molecule has 1 unspecified atom stereocenters. The Bertz CT molecular complexity index is 292. The Kier molecular flexibility index (Phi) is 17.8. The van der Waals surface area contributed by atoms with Gasteiger partial charge in [0, 0.05) is 5.97 Å². The lowest BCUT2D eigenvalue weighted by molar-refractivity contribution is -0.873. The van der Waals surface area contributed by atoms with Crippen molar-refractivity contribution in [2.24, 2.45) is 0 Å². The van der Waals surface area contributed by atoms with E-state index >= 15 is 0 Å². The summed E-state index contributed by atoms with van der Waals surface area (Å²) in [5, 5.41) is 27.4. The number of carbonyl (C=O) groups is 2. The molecule has 0 radical (unpaired) electrons. The molecule has 0 aromatic heterocycles. The minimum atomic E-state index is -0.953. The Morgan fingerprint density at radius 3 is 1.95 bits per heavy atom. The summed E-state index contributed by atoms with van der Waals surface area (Å²) in [6.07, 6.45) is 4.69. The lowest BCUT2D eigenvalue weighted by Crippen LogP contribution is -2.42. The Labute approximate surface area is 140 Å². The number of likely N-dealkylation sites (N-methyl/N-ethyl adjacent to an activating group) is 1. The van der Waals surface area contributed by atoms with E-state index in [2.05, 4.69) is 6.92 Å². The minimum Gasteiger partial charge on any atom is -0.550 e. The number of aliphatic carboxylic acids is 2. The van der Waals surface area contributed by atoms with Crippen LogP contribution in [0.5, 0.6) is 0 Å². The summed E-state index contributed by atoms with van der Waals surface area (Å²) in [6, 6.07) is 0. The lowest BCUT2D eigenvalue weighted by atomic mass is 10.1. The van der Waals surface area contributed by atoms with Gasteiger partial charge in [0.2, 0.25) is 0 Å². The molecule has 0 fully saturated rings. The van der Waals surface area contributed by atoms with Crippen LogP contribution in [-0.2, 0) is 9.59 Å². The van der Waals surface area contributed by atoms with E-state index in [-0.39, 0.29) is 25.2 Å². The third kappa shape index (κ3) is 27.5. The summed E-state index contributed by atoms with van der Waals surface area (Å²) in [5.74, 6) is -1.87. The van der Waals surface area contributed by atoms with Crippen molar-refractivity contribution >= 4 is 24.3 Å². The molecule has 0 aromatic rings. The van der Waals surface area contributed by atoms with Crippen LogP contribution in [0.25, 0.3) is 0 Å². The first kappa shape index (κ1) is 26.1. The van der Waals surface area contributed by atoms with Crippen LogP contribution in [0.3, 0.4) is 0 Å². The molecule has 1 atom stereocenters. The second-order valence-corrected chi connectivity index (χ2v) is 6.26. The number of aliphatic hydroxyl groups is 1. The maximum atomic E-state index is 10.1. The number of carbonyl (C=O) groups excluding carboxylic acids is 1. The zero-order valence-corrected chi connectivity index (χ0v) is 15.0. The number of carboxylic acid groups (broad SMARTS) is 2. The Hall–Kier alpha value is -0.850. The topological polar surface area (TPSA) is 97.7 Å². The molecule has 134 valence electrons. The van der Waals surface area contributed by atoms with E-state index in [0.717, 1.165) is 19.3 Å². The van der Waals surface area contributed by atoms with Gasteiger partial charge in [-0.3, -0.25) is 4.79 Å². The SMILES string of the molecule is CCCCCCCC(=O)[O-].C[N+](C)(C)CC(O)CC(=O)O.Cl. The van der Waals surface area contributed by atoms with Gasteiger partial charge in [-0.15, -0.1) is 12.4 Å². The standard InChI is InChI=1S/C8H16O2.C7H15NO3.ClH/c1-2-3-4-5-6-7-8(9)10;1-8(2,3)5-6(9)4-7(10)11;/h2-7H2,1H3,(H,9,10);6,9H,4-5H2,1-3H3;1H. The third-order valence-electron chi connectivity index (χ3n) is 2.65. The van der Waals surface area contributed by atoms with Crippen molar-refractivity contribution < 1.29 is 29.4 Å². The molecule has 0 heterocycles. The second kappa shape index (κ2) is 15.1. The van der Waals surface area contributed by atoms with E-state index in [1.165, 1.54) is 12.8 Å². The van der Waals surface area contributed by atoms with Crippen LogP contribution < -0.4 is 5.11 Å². The molecule has 0 saturated carbocycles. The van der Waals surface area contributed by atoms with Crippen molar-refractivity contribution in [3.63, 3.8) is 0 Å². The first-order valence-electron chi connectivity index (χ1n) is 7.48. The highest BCUT2D eigenvalue weighted by atomic mass is 35.5. The molecule has 0 rings (SSSR count). The van der Waals surface area contributed by atoms with E-state index in [4.69, 9.17) is 10.2 Å². The van der Waals surface area contributed by atoms with E-state index in [1.807, 2.05) is 21.1 Å². The molecule has 0 aliphatic heterocycles. The number of unbranched alkanes of at least 4 members (excludes halogenated alkanes) is 4. The van der Waals surface area contributed by atoms with Gasteiger partial charge in [-0.05, 0) is 12.8 Å². The van der Waals surface area contributed by atoms with Crippen LogP contribution in [0.15, 0.2) is 0 Å². The molecule has 0 bridgehead atoms. The number of hydrogen-bond acceptors (Lipinski definition) is 4. The molecule has 0 saturated heterocycles. The number of rotatable bonds is 10. The maximum Gasteiger partial charge on any atom is 0.306 e. The molecule has 22 heavy (non-hydrogen) atoms. The van der Waals surface area contributed by atoms with Gasteiger partial charge in [0.15, 0.2) is 0 Å². The number of aliphatic hydroxyl groups excluding tert-OH is 1. The molecule has 2 N–H and O–H groups in total. The third-order valence-corrected chi connectivity index (χ3v) is 2.65. The fourth-order valence-corrected chi connectivity index (χ4v) is 1.77. The summed E-state index contributed by atoms with van der Waals surface area (Å²) in [4.78, 5) is 20.0. The molecular formula is C15H32ClNO5. The zero-order valence-electron chi connectivity index (χ0n) is 14.2. The number of quaternary nitrogens is 1. The highest BCUT2D eigenvalue weighted by Gasteiger charge is 2.17. The predicted octanol–water partition coefficient (Wildman–Crippen LogP) is 1.05. The second-order valence-electron chi connectivity index (χ2n) is 6.26. The van der Waals surface area contributed by atoms with Crippen molar-refractivity contribution in [3.05, 3.63) is 0 Å². The average molecular weight is 342 g/mol. The van der Waals surface area contributed by atoms with Gasteiger partial charge in [-0.1, -0.05) is 32.6 Å². The summed E-state index contributed by atoms with van der Waals surface area (Å²) in [5.41, 5.74) is 0. The smallest absolute Gasteiger partial charge is 0.306 e. The van der Waals surface area contributed by atoms with Crippen LogP contribution in [-0.4, -0.2) is 60.4 Å². The van der Waals surface area contributed by atoms with Crippen LogP contribution in [0.4, 0.5) is 0 Å². The molecule has 0 spiro atoms. The molecular weight excluding hydrogens is 310 g/mol. The van der Waals surface area contributed by atoms with E-state index in [0.29, 0.717) is 11.0 Å². The van der Waals surface area contributed by atoms with Gasteiger partial charge in [0.25, 0.3) is 0 Å². The quantitative estimate of drug-likeness (QED) is 0.457. The van der Waals surface area contributed by atoms with Gasteiger partial charge in [-0.2, -0.15) is 0 Å². The summed E-state index contributed by atoms with van der Waals surface area (Å²) >= 11 is 0. The predicted molar refractivity (Wildman–Crippen MR) is 86.8 cm³/mol. The lowest BCUT2D eigenvalue weighted by Gasteiger charge is -2.25. The Balaban J connectivity index is -0.000000315. The minimum absolute atomic E-state index is 0. The van der Waals surface area contributed by atoms with Gasteiger partial charge in [0.05, 0.1) is 27.6 Å². The van der Waals surface area contributed by atoms with E-state index in [9.17, 15) is 14.7 Å². The van der Waals surface area contributed by atoms with Crippen molar-refractivity contribution in [2.45, 2.75) is 58.0 Å². The van der Waals surface area contributed by atoms with Crippen molar-refractivity contribution in [1.82, 2.24) is 0 Å². The molecule has 6 nitrogen and oxygen atoms in total. The number of hydrogen-bond donors (Lipinski definition) is 2. The number of carboxylic acids is 2. The van der Waals surface area contributed by atoms with Crippen LogP contribution in [0.1, 0.15) is 51.9 Å². The molecule has 0 aliphatic rings. The Morgan fingerprint density at radius 2 is 1.59 bits per heavy atom. The zero-order chi connectivity index (χ0) is 16.9. The fraction of sp³-hybridized carbons (Fsp3) is 0.867.